The molecule has 75 heavy (non-hydrogen) atoms. The Labute approximate surface area is 448 Å². The molecule has 1 amide bonds. The number of aliphatic hydroxyl groups is 4. The number of nitrogen functional groups attached to an aromatic ring is 1. The topological polar surface area (TPSA) is 237 Å². The van der Waals surface area contributed by atoms with Gasteiger partial charge in [-0.1, -0.05) is 56.4 Å². The molecular formula is C55H90FN5O13S. The lowest BCUT2D eigenvalue weighted by Gasteiger charge is -2.48. The van der Waals surface area contributed by atoms with Crippen LogP contribution in [0.1, 0.15) is 119 Å². The summed E-state index contributed by atoms with van der Waals surface area (Å²) in [7, 11) is 6.89. The predicted molar refractivity (Wildman–Crippen MR) is 283 cm³/mol. The third kappa shape index (κ3) is 14.5. The SMILES string of the molecule is CC[C@H]1OC(=O)[C@H](C)[C@@H](O[C@H]2C[C@@](C)(OC)[C@@H](O)[C@H](C)O2)[C@H](C)[C@@H](O[C@H]2C[C@@H](N(C)C[C@H]3C[C@@H]3C(=O)N[C@H](CF)[C@H](OC)c3ccc(-c4cnc(N)s4)cc3)C[C@@H](C)O2)[C@](C)(O)C[C@@H](C)CN(C)[C@H](C)[C@@H](O)[C@]1(C)O. The molecule has 2 aromatic rings. The molecule has 4 heterocycles. The quantitative estimate of drug-likeness (QED) is 0.114. The fourth-order valence-electron chi connectivity index (χ4n) is 12.2. The first kappa shape index (κ1) is 61.3. The van der Waals surface area contributed by atoms with Gasteiger partial charge in [-0.15, -0.1) is 0 Å². The number of aliphatic hydroxyl groups excluding tert-OH is 2. The van der Waals surface area contributed by atoms with Crippen molar-refractivity contribution in [1.82, 2.24) is 20.1 Å². The van der Waals surface area contributed by atoms with Crippen LogP contribution in [0.4, 0.5) is 9.52 Å². The van der Waals surface area contributed by atoms with Crippen molar-refractivity contribution in [2.24, 2.45) is 29.6 Å². The number of methoxy groups -OCH3 is 2. The van der Waals surface area contributed by atoms with E-state index in [4.69, 9.17) is 38.9 Å². The van der Waals surface area contributed by atoms with Crippen LogP contribution in [-0.4, -0.2) is 185 Å². The number of thiazole rings is 1. The molecule has 0 unspecified atom stereocenters. The number of likely N-dealkylation sites (N-methyl/N-ethyl adjacent to an activating group) is 1. The Morgan fingerprint density at radius 2 is 1.68 bits per heavy atom. The number of carbonyl (C=O) groups excluding carboxylic acids is 2. The summed E-state index contributed by atoms with van der Waals surface area (Å²) in [6.07, 6.45) is -4.79. The average molecular weight is 1080 g/mol. The molecule has 3 aliphatic heterocycles. The number of rotatable bonds is 16. The van der Waals surface area contributed by atoms with Gasteiger partial charge in [0.15, 0.2) is 17.7 Å². The summed E-state index contributed by atoms with van der Waals surface area (Å²) in [5.74, 6) is -3.09. The van der Waals surface area contributed by atoms with Gasteiger partial charge in [0, 0.05) is 70.3 Å². The molecular weight excluding hydrogens is 990 g/mol. The Morgan fingerprint density at radius 1 is 1.00 bits per heavy atom. The maximum atomic E-state index is 14.7. The minimum Gasteiger partial charge on any atom is -0.459 e. The number of esters is 1. The molecule has 4 aliphatic rings. The second-order valence-corrected chi connectivity index (χ2v) is 24.3. The Balaban J connectivity index is 1.20. The summed E-state index contributed by atoms with van der Waals surface area (Å²) < 4.78 is 59.1. The lowest BCUT2D eigenvalue weighted by atomic mass is 9.77. The molecule has 4 fully saturated rings. The Hall–Kier alpha value is -2.96. The van der Waals surface area contributed by atoms with E-state index in [0.29, 0.717) is 37.5 Å². The number of alkyl halides is 1. The van der Waals surface area contributed by atoms with Crippen LogP contribution in [0.5, 0.6) is 0 Å². The molecule has 7 N–H and O–H groups in total. The number of carbonyl (C=O) groups is 2. The summed E-state index contributed by atoms with van der Waals surface area (Å²) in [5.41, 5.74) is 3.05. The molecule has 1 saturated carbocycles. The third-order valence-electron chi connectivity index (χ3n) is 17.0. The van der Waals surface area contributed by atoms with Crippen LogP contribution in [0.3, 0.4) is 0 Å². The van der Waals surface area contributed by atoms with Crippen molar-refractivity contribution in [1.29, 1.82) is 0 Å². The Morgan fingerprint density at radius 3 is 2.28 bits per heavy atom. The van der Waals surface area contributed by atoms with E-state index in [1.807, 2.05) is 71.0 Å². The number of ether oxygens (including phenoxy) is 7. The van der Waals surface area contributed by atoms with Crippen molar-refractivity contribution < 1.29 is 67.6 Å². The van der Waals surface area contributed by atoms with Gasteiger partial charge in [-0.3, -0.25) is 9.59 Å². The molecule has 1 aliphatic carbocycles. The average Bonchev–Trinajstić information content (AvgIpc) is 4.00. The van der Waals surface area contributed by atoms with Crippen LogP contribution in [0.25, 0.3) is 10.4 Å². The lowest BCUT2D eigenvalue weighted by Crippen LogP contribution is -2.59. The molecule has 1 aromatic heterocycles. The maximum Gasteiger partial charge on any atom is 0.311 e. The van der Waals surface area contributed by atoms with Crippen LogP contribution < -0.4 is 11.1 Å². The molecule has 0 spiro atoms. The normalized spacial score (nSPS) is 40.5. The monoisotopic (exact) mass is 1080 g/mol. The summed E-state index contributed by atoms with van der Waals surface area (Å²) in [6.45, 7) is 18.1. The molecule has 6 rings (SSSR count). The zero-order valence-electron chi connectivity index (χ0n) is 46.8. The smallest absolute Gasteiger partial charge is 0.311 e. The molecule has 3 saturated heterocycles. The van der Waals surface area contributed by atoms with Gasteiger partial charge in [-0.25, -0.2) is 9.37 Å². The van der Waals surface area contributed by atoms with Gasteiger partial charge in [-0.2, -0.15) is 0 Å². The van der Waals surface area contributed by atoms with Crippen molar-refractivity contribution in [2.45, 2.75) is 204 Å². The number of nitrogens with two attached hydrogens (primary N) is 1. The standard InChI is InChI=1S/C55H90FN5O13S/c1-15-42-55(10,67)47(62)33(6)60(11)27-29(2)23-53(8,66)49(31(4)45(32(5)51(65)72-42)73-44-24-54(9,69-14)48(63)34(7)71-44)74-43-22-38(20-30(3)70-43)61(12)28-37-21-39(37)50(64)59-40(25-56)46(68-13)36-18-16-35(17-19-36)41-26-58-52(57)75-41/h16-19,26,29-34,37-40,42-49,62-63,66-67H,15,20-25,27-28H2,1-14H3,(H2,57,58)(H,59,64)/t29-,30-,31+,32-,33-,34+,37-,38+,39+,40-,42-,43+,44+,45+,46-,47-,48+,49-,53-,54-,55-/m1/s1. The summed E-state index contributed by atoms with van der Waals surface area (Å²) in [6, 6.07) is 6.04. The van der Waals surface area contributed by atoms with E-state index in [0.717, 1.165) is 16.0 Å². The first-order valence-electron chi connectivity index (χ1n) is 27.0. The maximum absolute atomic E-state index is 14.7. The van der Waals surface area contributed by atoms with E-state index >= 15 is 0 Å². The zero-order valence-corrected chi connectivity index (χ0v) is 47.6. The number of aromatic nitrogens is 1. The number of halogens is 1. The predicted octanol–water partition coefficient (Wildman–Crippen LogP) is 5.48. The molecule has 0 bridgehead atoms. The number of hydrogen-bond acceptors (Lipinski definition) is 18. The number of amides is 1. The molecule has 18 nitrogen and oxygen atoms in total. The van der Waals surface area contributed by atoms with Gasteiger partial charge in [0.25, 0.3) is 0 Å². The Bertz CT molecular complexity index is 2160. The summed E-state index contributed by atoms with van der Waals surface area (Å²) in [5, 5.41) is 51.0. The van der Waals surface area contributed by atoms with Gasteiger partial charge in [0.05, 0.1) is 52.5 Å². The molecule has 20 heteroatoms. The number of hydrogen-bond donors (Lipinski definition) is 6. The molecule has 1 aromatic carbocycles. The highest BCUT2D eigenvalue weighted by atomic mass is 32.1. The van der Waals surface area contributed by atoms with Crippen LogP contribution >= 0.6 is 11.3 Å². The van der Waals surface area contributed by atoms with Gasteiger partial charge in [0.1, 0.15) is 36.7 Å². The second kappa shape index (κ2) is 25.4. The van der Waals surface area contributed by atoms with Crippen molar-refractivity contribution in [3.8, 4) is 10.4 Å². The van der Waals surface area contributed by atoms with Crippen LogP contribution in [0.2, 0.25) is 0 Å². The molecule has 0 radical (unpaired) electrons. The highest BCUT2D eigenvalue weighted by Crippen LogP contribution is 2.43. The highest BCUT2D eigenvalue weighted by Gasteiger charge is 2.53. The van der Waals surface area contributed by atoms with E-state index in [9.17, 15) is 34.4 Å². The number of nitrogens with one attached hydrogen (secondary N) is 1. The zero-order chi connectivity index (χ0) is 55.5. The van der Waals surface area contributed by atoms with Crippen LogP contribution in [0.15, 0.2) is 30.5 Å². The minimum absolute atomic E-state index is 0.0360. The van der Waals surface area contributed by atoms with Crippen LogP contribution in [0, 0.1) is 29.6 Å². The van der Waals surface area contributed by atoms with E-state index in [2.05, 4.69) is 15.2 Å². The van der Waals surface area contributed by atoms with Gasteiger partial charge >= 0.3 is 5.97 Å². The minimum atomic E-state index is -1.83. The molecule has 426 valence electrons. The van der Waals surface area contributed by atoms with Crippen LogP contribution in [-0.2, 0) is 42.7 Å². The fraction of sp³-hybridized carbons (Fsp3) is 0.800. The van der Waals surface area contributed by atoms with E-state index in [-0.39, 0.29) is 55.1 Å². The van der Waals surface area contributed by atoms with Crippen molar-refractivity contribution in [3.05, 3.63) is 36.0 Å². The lowest BCUT2D eigenvalue weighted by molar-refractivity contribution is -0.308. The summed E-state index contributed by atoms with van der Waals surface area (Å²) >= 11 is 1.37. The number of nitrogens with zero attached hydrogens (tertiary/aromatic N) is 3. The van der Waals surface area contributed by atoms with E-state index in [1.165, 1.54) is 32.5 Å². The van der Waals surface area contributed by atoms with Crippen molar-refractivity contribution in [3.63, 3.8) is 0 Å². The first-order chi connectivity index (χ1) is 35.2. The number of benzene rings is 1. The second-order valence-electron chi connectivity index (χ2n) is 23.2. The van der Waals surface area contributed by atoms with Crippen molar-refractivity contribution in [2.75, 3.05) is 53.8 Å². The van der Waals surface area contributed by atoms with Gasteiger partial charge < -0.3 is 74.4 Å². The summed E-state index contributed by atoms with van der Waals surface area (Å²) in [4.78, 5) is 37.4. The van der Waals surface area contributed by atoms with E-state index in [1.54, 1.807) is 40.8 Å². The van der Waals surface area contributed by atoms with Gasteiger partial charge in [0.2, 0.25) is 5.91 Å². The third-order valence-corrected chi connectivity index (χ3v) is 17.8. The number of cyclic esters (lactones) is 1. The Kier molecular flexibility index (Phi) is 20.8. The van der Waals surface area contributed by atoms with Crippen molar-refractivity contribution >= 4 is 28.3 Å². The fourth-order valence-corrected chi connectivity index (χ4v) is 12.9. The number of anilines is 1. The largest absolute Gasteiger partial charge is 0.459 e. The highest BCUT2D eigenvalue weighted by molar-refractivity contribution is 7.18. The van der Waals surface area contributed by atoms with Gasteiger partial charge in [-0.05, 0) is 111 Å². The molecule has 21 atom stereocenters. The first-order valence-corrected chi connectivity index (χ1v) is 27.8. The van der Waals surface area contributed by atoms with E-state index < -0.39 is 109 Å².